The van der Waals surface area contributed by atoms with Crippen LogP contribution in [0.15, 0.2) is 119 Å². The SMILES string of the molecule is COc1ccccc1NC(=O)NCCc1ccc(S(=O)(=O)NC(=O)Nc2c3c(cc4c2CC(C2Cc5cc6c(c(NC(=O)NS(=O)(=O)c7ccc(CCNC(=O)Nc8ccccc8F)cc7)c5C2)CCC6)C4)CCC3)cc1. The summed E-state index contributed by atoms with van der Waals surface area (Å²) in [5, 5.41) is 16.6. The molecule has 400 valence electrons. The first kappa shape index (κ1) is 52.5. The number of aryl methyl sites for hydroxylation is 2. The predicted molar refractivity (Wildman–Crippen MR) is 291 cm³/mol. The van der Waals surface area contributed by atoms with Gasteiger partial charge < -0.3 is 36.6 Å². The molecule has 6 aromatic carbocycles. The van der Waals surface area contributed by atoms with Gasteiger partial charge in [-0.3, -0.25) is 0 Å². The van der Waals surface area contributed by atoms with E-state index in [1.165, 1.54) is 49.6 Å². The number of anilines is 4. The van der Waals surface area contributed by atoms with E-state index < -0.39 is 50.0 Å². The monoisotopic (exact) mass is 1080 g/mol. The van der Waals surface area contributed by atoms with Gasteiger partial charge in [0.15, 0.2) is 0 Å². The van der Waals surface area contributed by atoms with Crippen LogP contribution in [0.1, 0.15) is 68.5 Å². The maximum Gasteiger partial charge on any atom is 0.333 e. The second kappa shape index (κ2) is 22.3. The van der Waals surface area contributed by atoms with E-state index in [0.29, 0.717) is 48.5 Å². The molecule has 8 amide bonds. The number of rotatable bonds is 16. The molecule has 0 saturated carbocycles. The largest absolute Gasteiger partial charge is 0.495 e. The Morgan fingerprint density at radius 1 is 0.506 bits per heavy atom. The normalized spacial score (nSPS) is 16.0. The lowest BCUT2D eigenvalue weighted by molar-refractivity contribution is 0.251. The average Bonchev–Trinajstić information content (AvgIpc) is 4.26. The standard InChI is InChI=1S/C57H59FN8O9S2/c1-75-51-15-5-4-14-50(51)62-55(68)60-27-25-35-18-22-43(23-19-35)77(73,74)66-57(70)64-53-45-11-7-9-37(45)29-41-31-39(33-47(41)53)38-30-40-28-36-8-6-10-44(36)52(46(40)32-38)63-56(69)65-76(71,72)42-20-16-34(17-21-42)24-26-59-54(67)61-49-13-3-2-12-48(49)58/h2-5,12-23,28-29,38-39H,6-11,24-27,30-33H2,1H3,(H2,59,61,67)(H2,60,62,68)(H2,63,65,69)(H2,64,66,70). The van der Waals surface area contributed by atoms with E-state index in [4.69, 9.17) is 4.74 Å². The molecule has 0 bridgehead atoms. The second-order valence-electron chi connectivity index (χ2n) is 19.9. The number of carbonyl (C=O) groups excluding carboxylic acids is 4. The average molecular weight is 1080 g/mol. The molecule has 4 aliphatic rings. The van der Waals surface area contributed by atoms with Crippen molar-refractivity contribution in [2.45, 2.75) is 86.8 Å². The van der Waals surface area contributed by atoms with Gasteiger partial charge in [-0.2, -0.15) is 0 Å². The van der Waals surface area contributed by atoms with E-state index in [1.54, 1.807) is 54.6 Å². The summed E-state index contributed by atoms with van der Waals surface area (Å²) in [5.74, 6) is 0.344. The Morgan fingerprint density at radius 3 is 1.42 bits per heavy atom. The molecule has 0 fully saturated rings. The Hall–Kier alpha value is -7.97. The number of fused-ring (bicyclic) bond motifs is 4. The highest BCUT2D eigenvalue weighted by atomic mass is 32.2. The molecule has 0 aliphatic heterocycles. The number of sulfonamides is 2. The van der Waals surface area contributed by atoms with Crippen molar-refractivity contribution in [2.24, 2.45) is 11.8 Å². The van der Waals surface area contributed by atoms with E-state index in [-0.39, 0.29) is 40.4 Å². The number of amides is 8. The van der Waals surface area contributed by atoms with Crippen molar-refractivity contribution in [3.63, 3.8) is 0 Å². The van der Waals surface area contributed by atoms with Crippen LogP contribution in [0.25, 0.3) is 0 Å². The number of benzene rings is 6. The number of carbonyl (C=O) groups is 4. The van der Waals surface area contributed by atoms with Gasteiger partial charge in [-0.1, -0.05) is 60.7 Å². The topological polar surface area (TPSA) is 242 Å². The summed E-state index contributed by atoms with van der Waals surface area (Å²) in [6.07, 6.45) is 8.73. The second-order valence-corrected chi connectivity index (χ2v) is 23.3. The molecule has 17 nitrogen and oxygen atoms in total. The van der Waals surface area contributed by atoms with Crippen LogP contribution in [0.3, 0.4) is 0 Å². The number of nitrogens with one attached hydrogen (secondary N) is 8. The quantitative estimate of drug-likeness (QED) is 0.0462. The predicted octanol–water partition coefficient (Wildman–Crippen LogP) is 8.69. The molecule has 2 atom stereocenters. The third-order valence-corrected chi connectivity index (χ3v) is 17.7. The number of halogens is 1. The molecule has 8 N–H and O–H groups in total. The van der Waals surface area contributed by atoms with Gasteiger partial charge in [0.25, 0.3) is 20.0 Å². The summed E-state index contributed by atoms with van der Waals surface area (Å²) < 4.78 is 77.8. The Bertz CT molecular complexity index is 3520. The third-order valence-electron chi connectivity index (χ3n) is 15.0. The van der Waals surface area contributed by atoms with Crippen LogP contribution in [0.5, 0.6) is 5.75 Å². The molecule has 20 heteroatoms. The Balaban J connectivity index is 0.747. The fourth-order valence-corrected chi connectivity index (χ4v) is 13.1. The fourth-order valence-electron chi connectivity index (χ4n) is 11.3. The first-order chi connectivity index (χ1) is 37.1. The smallest absolute Gasteiger partial charge is 0.333 e. The van der Waals surface area contributed by atoms with Crippen LogP contribution in [0.4, 0.5) is 46.3 Å². The van der Waals surface area contributed by atoms with Crippen LogP contribution in [0, 0.1) is 17.7 Å². The molecule has 0 heterocycles. The first-order valence-corrected chi connectivity index (χ1v) is 28.7. The maximum absolute atomic E-state index is 13.9. The molecule has 0 radical (unpaired) electrons. The third kappa shape index (κ3) is 11.9. The van der Waals surface area contributed by atoms with Crippen molar-refractivity contribution in [3.05, 3.63) is 171 Å². The Kier molecular flexibility index (Phi) is 15.2. The van der Waals surface area contributed by atoms with Crippen molar-refractivity contribution in [1.82, 2.24) is 20.1 Å². The fraction of sp³-hybridized carbons (Fsp3) is 0.298. The van der Waals surface area contributed by atoms with Crippen LogP contribution >= 0.6 is 0 Å². The van der Waals surface area contributed by atoms with Gasteiger partial charge in [0, 0.05) is 24.5 Å². The molecular formula is C57H59FN8O9S2. The number of hydrogen-bond acceptors (Lipinski definition) is 9. The van der Waals surface area contributed by atoms with Crippen LogP contribution < -0.4 is 46.1 Å². The molecule has 10 rings (SSSR count). The summed E-state index contributed by atoms with van der Waals surface area (Å²) in [7, 11) is -7.00. The lowest BCUT2D eigenvalue weighted by Crippen LogP contribution is -2.35. The van der Waals surface area contributed by atoms with E-state index in [9.17, 15) is 40.4 Å². The molecule has 0 aromatic heterocycles. The summed E-state index contributed by atoms with van der Waals surface area (Å²) in [6, 6.07) is 26.8. The van der Waals surface area contributed by atoms with Gasteiger partial charge in [-0.25, -0.2) is 49.8 Å². The zero-order chi connectivity index (χ0) is 53.8. The zero-order valence-corrected chi connectivity index (χ0v) is 43.9. The zero-order valence-electron chi connectivity index (χ0n) is 42.3. The number of para-hydroxylation sites is 3. The lowest BCUT2D eigenvalue weighted by Gasteiger charge is -2.19. The van der Waals surface area contributed by atoms with Crippen molar-refractivity contribution < 1.29 is 45.1 Å². The maximum atomic E-state index is 13.9. The van der Waals surface area contributed by atoms with Crippen molar-refractivity contribution >= 4 is 66.9 Å². The van der Waals surface area contributed by atoms with E-state index in [1.807, 2.05) is 0 Å². The van der Waals surface area contributed by atoms with E-state index in [0.717, 1.165) is 107 Å². The highest BCUT2D eigenvalue weighted by molar-refractivity contribution is 7.90. The molecule has 4 aliphatic carbocycles. The van der Waals surface area contributed by atoms with Gasteiger partial charge in [0.2, 0.25) is 0 Å². The van der Waals surface area contributed by atoms with Gasteiger partial charge in [-0.05, 0) is 193 Å². The molecule has 0 spiro atoms. The summed E-state index contributed by atoms with van der Waals surface area (Å²) in [5.41, 5.74) is 12.0. The molecule has 77 heavy (non-hydrogen) atoms. The number of ether oxygens (including phenoxy) is 1. The minimum atomic E-state index is -4.27. The van der Waals surface area contributed by atoms with E-state index in [2.05, 4.69) is 53.5 Å². The summed E-state index contributed by atoms with van der Waals surface area (Å²) in [4.78, 5) is 51.9. The number of hydrogen-bond donors (Lipinski definition) is 8. The lowest BCUT2D eigenvalue weighted by atomic mass is 9.87. The summed E-state index contributed by atoms with van der Waals surface area (Å²) in [6.45, 7) is 0.493. The van der Waals surface area contributed by atoms with E-state index >= 15 is 0 Å². The number of methoxy groups -OCH3 is 1. The van der Waals surface area contributed by atoms with Crippen LogP contribution in [-0.2, 0) is 84.3 Å². The molecule has 0 saturated heterocycles. The van der Waals surface area contributed by atoms with Gasteiger partial charge in [0.05, 0.1) is 28.3 Å². The Labute approximate surface area is 446 Å². The van der Waals surface area contributed by atoms with Crippen molar-refractivity contribution in [2.75, 3.05) is 41.5 Å². The van der Waals surface area contributed by atoms with Crippen molar-refractivity contribution in [1.29, 1.82) is 0 Å². The highest BCUT2D eigenvalue weighted by Crippen LogP contribution is 2.47. The highest BCUT2D eigenvalue weighted by Gasteiger charge is 2.39. The molecule has 6 aromatic rings. The van der Waals surface area contributed by atoms with Crippen LogP contribution in [0.2, 0.25) is 0 Å². The number of urea groups is 4. The first-order valence-electron chi connectivity index (χ1n) is 25.8. The summed E-state index contributed by atoms with van der Waals surface area (Å²) >= 11 is 0. The molecule has 2 unspecified atom stereocenters. The van der Waals surface area contributed by atoms with Gasteiger partial charge >= 0.3 is 24.1 Å². The minimum Gasteiger partial charge on any atom is -0.495 e. The van der Waals surface area contributed by atoms with Gasteiger partial charge in [0.1, 0.15) is 11.6 Å². The van der Waals surface area contributed by atoms with Gasteiger partial charge in [-0.15, -0.1) is 0 Å². The Morgan fingerprint density at radius 2 is 0.948 bits per heavy atom. The minimum absolute atomic E-state index is 0.0486. The van der Waals surface area contributed by atoms with Crippen molar-refractivity contribution in [3.8, 4) is 5.75 Å². The van der Waals surface area contributed by atoms with Crippen LogP contribution in [-0.4, -0.2) is 61.2 Å². The molecular weight excluding hydrogens is 1020 g/mol.